The van der Waals surface area contributed by atoms with Gasteiger partial charge in [-0.15, -0.1) is 0 Å². The first kappa shape index (κ1) is 55.4. The number of hydrogen-bond acceptors (Lipinski definition) is 10. The maximum Gasteiger partial charge on any atom is 0.472 e. The van der Waals surface area contributed by atoms with Crippen molar-refractivity contribution in [2.45, 2.75) is 180 Å². The van der Waals surface area contributed by atoms with Gasteiger partial charge in [0.1, 0.15) is 12.7 Å². The summed E-state index contributed by atoms with van der Waals surface area (Å²) in [7, 11) is -4.65. The largest absolute Gasteiger partial charge is 0.472 e. The van der Waals surface area contributed by atoms with Gasteiger partial charge in [-0.05, 0) is 44.9 Å². The molecule has 0 saturated heterocycles. The molecule has 2 unspecified atom stereocenters. The highest BCUT2D eigenvalue weighted by atomic mass is 31.2. The summed E-state index contributed by atoms with van der Waals surface area (Å²) in [5.74, 6) is -1.05. The Morgan fingerprint density at radius 3 is 1.71 bits per heavy atom. The molecule has 0 fully saturated rings. The van der Waals surface area contributed by atoms with Crippen molar-refractivity contribution in [1.29, 1.82) is 0 Å². The number of aliphatic hydroxyl groups excluding tert-OH is 3. The van der Waals surface area contributed by atoms with E-state index >= 15 is 0 Å². The first-order valence-corrected chi connectivity index (χ1v) is 23.5. The Morgan fingerprint density at radius 1 is 0.603 bits per heavy atom. The van der Waals surface area contributed by atoms with Gasteiger partial charge >= 0.3 is 19.8 Å². The zero-order chi connectivity index (χ0) is 42.8. The first-order valence-electron chi connectivity index (χ1n) is 22.0. The molecule has 0 aliphatic heterocycles. The second-order valence-electron chi connectivity index (χ2n) is 14.5. The second-order valence-corrected chi connectivity index (χ2v) is 16.0. The number of ether oxygens (including phenoxy) is 2. The predicted molar refractivity (Wildman–Crippen MR) is 234 cm³/mol. The number of rotatable bonds is 40. The van der Waals surface area contributed by atoms with Crippen LogP contribution in [-0.4, -0.2) is 76.9 Å². The van der Waals surface area contributed by atoms with Gasteiger partial charge in [-0.25, -0.2) is 4.57 Å². The lowest BCUT2D eigenvalue weighted by Crippen LogP contribution is -2.29. The number of aliphatic hydroxyl groups is 3. The smallest absolute Gasteiger partial charge is 0.462 e. The van der Waals surface area contributed by atoms with E-state index in [1.54, 1.807) is 6.08 Å². The van der Waals surface area contributed by atoms with Crippen LogP contribution in [0.3, 0.4) is 0 Å². The third-order valence-corrected chi connectivity index (χ3v) is 9.92. The lowest BCUT2D eigenvalue weighted by Gasteiger charge is -2.20. The number of esters is 2. The summed E-state index contributed by atoms with van der Waals surface area (Å²) in [5.41, 5.74) is 0. The molecule has 0 spiro atoms. The van der Waals surface area contributed by atoms with Crippen LogP contribution in [0.1, 0.15) is 162 Å². The molecule has 0 aliphatic carbocycles. The minimum Gasteiger partial charge on any atom is -0.462 e. The van der Waals surface area contributed by atoms with Crippen molar-refractivity contribution in [3.8, 4) is 0 Å². The average molecular weight is 839 g/mol. The molecule has 58 heavy (non-hydrogen) atoms. The van der Waals surface area contributed by atoms with Gasteiger partial charge in [-0.1, -0.05) is 177 Å². The minimum atomic E-state index is -4.65. The molecule has 0 heterocycles. The van der Waals surface area contributed by atoms with Crippen molar-refractivity contribution >= 4 is 19.8 Å². The molecule has 334 valence electrons. The molecule has 0 saturated carbocycles. The lowest BCUT2D eigenvalue weighted by molar-refractivity contribution is -0.161. The Labute approximate surface area is 351 Å². The first-order chi connectivity index (χ1) is 28.1. The highest BCUT2D eigenvalue weighted by molar-refractivity contribution is 7.47. The van der Waals surface area contributed by atoms with E-state index in [0.29, 0.717) is 25.7 Å². The zero-order valence-corrected chi connectivity index (χ0v) is 36.7. The highest BCUT2D eigenvalue weighted by Gasteiger charge is 2.27. The summed E-state index contributed by atoms with van der Waals surface area (Å²) in [6.07, 6.45) is 43.5. The van der Waals surface area contributed by atoms with Gasteiger partial charge < -0.3 is 29.7 Å². The molecule has 12 heteroatoms. The summed E-state index contributed by atoms with van der Waals surface area (Å²) in [6, 6.07) is 0. The van der Waals surface area contributed by atoms with Crippen LogP contribution in [0.4, 0.5) is 0 Å². The third-order valence-electron chi connectivity index (χ3n) is 8.97. The van der Waals surface area contributed by atoms with Crippen LogP contribution in [0, 0.1) is 0 Å². The van der Waals surface area contributed by atoms with Crippen molar-refractivity contribution in [3.63, 3.8) is 0 Å². The molecular weight excluding hydrogens is 759 g/mol. The number of allylic oxidation sites excluding steroid dienone is 10. The second kappa shape index (κ2) is 41.1. The van der Waals surface area contributed by atoms with Crippen molar-refractivity contribution < 1.29 is 52.9 Å². The quantitative estimate of drug-likeness (QED) is 0.0152. The van der Waals surface area contributed by atoms with Crippen molar-refractivity contribution in [2.24, 2.45) is 0 Å². The van der Waals surface area contributed by atoms with Crippen molar-refractivity contribution in [2.75, 3.05) is 26.4 Å². The molecule has 0 aromatic heterocycles. The van der Waals surface area contributed by atoms with E-state index in [-0.39, 0.29) is 19.4 Å². The Morgan fingerprint density at radius 2 is 1.14 bits per heavy atom. The van der Waals surface area contributed by atoms with Crippen LogP contribution in [-0.2, 0) is 32.7 Å². The third kappa shape index (κ3) is 40.2. The standard InChI is InChI=1S/C46H79O11P/c1-3-5-7-8-9-10-11-12-13-16-19-22-25-28-32-36-45(50)54-40-44(41-56-58(52,53)55-39-43(49)38-47)57-46(51)37-33-29-26-23-20-17-14-15-18-21-24-27-31-35-42(48)34-30-6-4-2/h6,15,17-18,20,24,26-27,29-31,35,42-44,47-49H,3-5,7-14,16,19,21-23,25,28,32-34,36-41H2,1-2H3,(H,52,53)/b18-15-,20-17-,27-24+,29-26-,30-6-,35-31+/t42?,43-,44+/m0/s1. The molecule has 0 aliphatic rings. The molecule has 0 rings (SSSR count). The fourth-order valence-electron chi connectivity index (χ4n) is 5.57. The van der Waals surface area contributed by atoms with Gasteiger partial charge in [-0.2, -0.15) is 0 Å². The predicted octanol–water partition coefficient (Wildman–Crippen LogP) is 10.6. The van der Waals surface area contributed by atoms with Crippen LogP contribution in [0.25, 0.3) is 0 Å². The van der Waals surface area contributed by atoms with E-state index in [1.807, 2.05) is 48.6 Å². The Kier molecular flexibility index (Phi) is 39.3. The summed E-state index contributed by atoms with van der Waals surface area (Å²) >= 11 is 0. The highest BCUT2D eigenvalue weighted by Crippen LogP contribution is 2.43. The average Bonchev–Trinajstić information content (AvgIpc) is 3.20. The number of carbonyl (C=O) groups excluding carboxylic acids is 2. The summed E-state index contributed by atoms with van der Waals surface area (Å²) in [4.78, 5) is 35.0. The van der Waals surface area contributed by atoms with E-state index in [2.05, 4.69) is 36.6 Å². The van der Waals surface area contributed by atoms with Gasteiger partial charge in [-0.3, -0.25) is 18.6 Å². The number of phosphoric ester groups is 1. The van der Waals surface area contributed by atoms with Crippen LogP contribution >= 0.6 is 7.82 Å². The fourth-order valence-corrected chi connectivity index (χ4v) is 6.36. The van der Waals surface area contributed by atoms with E-state index in [4.69, 9.17) is 19.1 Å². The Hall–Kier alpha value is -2.63. The molecular formula is C46H79O11P. The Balaban J connectivity index is 4.46. The van der Waals surface area contributed by atoms with Crippen LogP contribution in [0.5, 0.6) is 0 Å². The molecule has 0 bridgehead atoms. The van der Waals surface area contributed by atoms with Gasteiger partial charge in [0, 0.05) is 12.8 Å². The van der Waals surface area contributed by atoms with Crippen LogP contribution in [0.15, 0.2) is 72.9 Å². The maximum absolute atomic E-state index is 12.6. The monoisotopic (exact) mass is 839 g/mol. The van der Waals surface area contributed by atoms with Crippen molar-refractivity contribution in [3.05, 3.63) is 72.9 Å². The van der Waals surface area contributed by atoms with Crippen molar-refractivity contribution in [1.82, 2.24) is 0 Å². The lowest BCUT2D eigenvalue weighted by atomic mass is 10.0. The topological polar surface area (TPSA) is 169 Å². The number of hydrogen-bond donors (Lipinski definition) is 4. The maximum atomic E-state index is 12.6. The summed E-state index contributed by atoms with van der Waals surface area (Å²) in [6.45, 7) is 2.07. The molecule has 4 N–H and O–H groups in total. The van der Waals surface area contributed by atoms with E-state index in [0.717, 1.165) is 38.5 Å². The normalized spacial score (nSPS) is 15.1. The van der Waals surface area contributed by atoms with Gasteiger partial charge in [0.15, 0.2) is 6.10 Å². The Bertz CT molecular complexity index is 1210. The molecule has 0 amide bonds. The summed E-state index contributed by atoms with van der Waals surface area (Å²) < 4.78 is 32.6. The molecule has 0 radical (unpaired) electrons. The number of unbranched alkanes of at least 4 members (excludes halogenated alkanes) is 14. The van der Waals surface area contributed by atoms with E-state index < -0.39 is 57.9 Å². The SMILES string of the molecule is CC/C=C\CC(O)/C=C/C=C/C/C=C\C/C=C\C/C=C\CCC(=O)O[C@H](COC(=O)CCCCCCCCCCCCCCCCC)COP(=O)(O)OC[C@@H](O)CO. The van der Waals surface area contributed by atoms with Crippen LogP contribution < -0.4 is 0 Å². The fraction of sp³-hybridized carbons (Fsp3) is 0.696. The molecule has 0 aromatic rings. The van der Waals surface area contributed by atoms with Gasteiger partial charge in [0.25, 0.3) is 0 Å². The van der Waals surface area contributed by atoms with Gasteiger partial charge in [0.2, 0.25) is 0 Å². The minimum absolute atomic E-state index is 0.0417. The van der Waals surface area contributed by atoms with E-state index in [1.165, 1.54) is 70.6 Å². The van der Waals surface area contributed by atoms with Crippen LogP contribution in [0.2, 0.25) is 0 Å². The van der Waals surface area contributed by atoms with E-state index in [9.17, 15) is 29.3 Å². The zero-order valence-electron chi connectivity index (χ0n) is 35.8. The van der Waals surface area contributed by atoms with Gasteiger partial charge in [0.05, 0.1) is 25.9 Å². The molecule has 4 atom stereocenters. The molecule has 11 nitrogen and oxygen atoms in total. The summed E-state index contributed by atoms with van der Waals surface area (Å²) in [5, 5.41) is 28.2. The number of carbonyl (C=O) groups is 2. The molecule has 0 aromatic carbocycles. The number of phosphoric acid groups is 1.